The van der Waals surface area contributed by atoms with Crippen molar-refractivity contribution in [2.45, 2.75) is 20.8 Å². The van der Waals surface area contributed by atoms with Crippen LogP contribution in [-0.4, -0.2) is 25.7 Å². The van der Waals surface area contributed by atoms with Crippen LogP contribution in [0.4, 0.5) is 5.69 Å². The van der Waals surface area contributed by atoms with Crippen LogP contribution >= 0.6 is 0 Å². The molecule has 5 aromatic rings. The Morgan fingerprint density at radius 1 is 0.871 bits per heavy atom. The highest BCUT2D eigenvalue weighted by atomic mass is 16.2. The normalized spacial score (nSPS) is 11.2. The number of aryl methyl sites for hydroxylation is 3. The third-order valence-electron chi connectivity index (χ3n) is 5.61. The van der Waals surface area contributed by atoms with Gasteiger partial charge in [-0.3, -0.25) is 4.79 Å². The second-order valence-corrected chi connectivity index (χ2v) is 7.63. The quantitative estimate of drug-likeness (QED) is 0.450. The van der Waals surface area contributed by atoms with Crippen molar-refractivity contribution in [3.05, 3.63) is 89.4 Å². The Labute approximate surface area is 179 Å². The van der Waals surface area contributed by atoms with Crippen molar-refractivity contribution in [1.29, 1.82) is 0 Å². The highest BCUT2D eigenvalue weighted by Crippen LogP contribution is 2.33. The van der Waals surface area contributed by atoms with Crippen LogP contribution in [0.25, 0.3) is 27.5 Å². The molecule has 1 amide bonds. The first kappa shape index (κ1) is 18.9. The van der Waals surface area contributed by atoms with E-state index in [0.717, 1.165) is 38.8 Å². The number of amides is 1. The lowest BCUT2D eigenvalue weighted by molar-refractivity contribution is 0.102. The van der Waals surface area contributed by atoms with Gasteiger partial charge in [0.25, 0.3) is 5.91 Å². The Balaban J connectivity index is 1.63. The van der Waals surface area contributed by atoms with E-state index in [0.29, 0.717) is 11.3 Å². The average molecular weight is 407 g/mol. The minimum absolute atomic E-state index is 0.253. The van der Waals surface area contributed by atoms with Gasteiger partial charge in [-0.15, -0.1) is 10.2 Å². The Kier molecular flexibility index (Phi) is 4.47. The number of carbonyl (C=O) groups excluding carboxylic acids is 1. The molecule has 0 saturated heterocycles. The zero-order valence-electron chi connectivity index (χ0n) is 17.5. The molecule has 0 aliphatic carbocycles. The number of aromatic nitrogens is 4. The molecular formula is C25H21N5O. The molecule has 0 fully saturated rings. The number of benzene rings is 3. The number of hydrogen-bond acceptors (Lipinski definition) is 4. The predicted molar refractivity (Wildman–Crippen MR) is 122 cm³/mol. The summed E-state index contributed by atoms with van der Waals surface area (Å²) in [6.07, 6.45) is 0. The summed E-state index contributed by atoms with van der Waals surface area (Å²) in [5, 5.41) is 18.6. The average Bonchev–Trinajstić information content (AvgIpc) is 3.12. The molecule has 1 N–H and O–H groups in total. The van der Waals surface area contributed by atoms with Gasteiger partial charge in [-0.1, -0.05) is 60.7 Å². The summed E-state index contributed by atoms with van der Waals surface area (Å²) in [7, 11) is 0. The summed E-state index contributed by atoms with van der Waals surface area (Å²) in [5.74, 6) is -0.305. The molecule has 3 aromatic carbocycles. The molecule has 31 heavy (non-hydrogen) atoms. The van der Waals surface area contributed by atoms with Crippen molar-refractivity contribution in [3.8, 4) is 11.1 Å². The maximum atomic E-state index is 12.9. The number of anilines is 1. The van der Waals surface area contributed by atoms with Gasteiger partial charge >= 0.3 is 0 Å². The van der Waals surface area contributed by atoms with E-state index in [1.54, 1.807) is 4.52 Å². The second-order valence-electron chi connectivity index (χ2n) is 7.63. The highest BCUT2D eigenvalue weighted by Gasteiger charge is 2.21. The maximum absolute atomic E-state index is 12.9. The van der Waals surface area contributed by atoms with Crippen LogP contribution in [0.15, 0.2) is 66.7 Å². The summed E-state index contributed by atoms with van der Waals surface area (Å²) in [4.78, 5) is 12.9. The lowest BCUT2D eigenvalue weighted by atomic mass is 9.98. The van der Waals surface area contributed by atoms with Gasteiger partial charge in [-0.25, -0.2) is 4.52 Å². The Hall–Kier alpha value is -4.06. The molecule has 0 aliphatic rings. The minimum atomic E-state index is -0.305. The van der Waals surface area contributed by atoms with Crippen LogP contribution in [0, 0.1) is 20.8 Å². The largest absolute Gasteiger partial charge is 0.320 e. The standard InChI is InChI=1S/C25H21N5O/c1-15-9-4-7-14-21(15)26-25(31)23-17(3)30-24(28-27-23)22(16(2)29-30)20-13-8-11-18-10-5-6-12-19(18)20/h4-14H,1-3H3,(H,26,31). The molecule has 0 atom stereocenters. The maximum Gasteiger partial charge on any atom is 0.278 e. The fourth-order valence-electron chi connectivity index (χ4n) is 3.97. The summed E-state index contributed by atoms with van der Waals surface area (Å²) >= 11 is 0. The third-order valence-corrected chi connectivity index (χ3v) is 5.61. The van der Waals surface area contributed by atoms with Gasteiger partial charge < -0.3 is 5.32 Å². The topological polar surface area (TPSA) is 72.2 Å². The van der Waals surface area contributed by atoms with Crippen molar-refractivity contribution in [1.82, 2.24) is 19.8 Å². The summed E-state index contributed by atoms with van der Waals surface area (Å²) in [6.45, 7) is 5.75. The molecule has 6 nitrogen and oxygen atoms in total. The van der Waals surface area contributed by atoms with Crippen molar-refractivity contribution in [2.24, 2.45) is 0 Å². The molecular weight excluding hydrogens is 386 g/mol. The SMILES string of the molecule is Cc1ccccc1NC(=O)c1nnc2c(-c3cccc4ccccc34)c(C)nn2c1C. The molecule has 152 valence electrons. The van der Waals surface area contributed by atoms with Crippen LogP contribution in [-0.2, 0) is 0 Å². The van der Waals surface area contributed by atoms with Crippen LogP contribution in [0.3, 0.4) is 0 Å². The Morgan fingerprint density at radius 2 is 1.61 bits per heavy atom. The van der Waals surface area contributed by atoms with Crippen LogP contribution in [0.5, 0.6) is 0 Å². The van der Waals surface area contributed by atoms with E-state index in [4.69, 9.17) is 5.10 Å². The summed E-state index contributed by atoms with van der Waals surface area (Å²) in [5.41, 5.74) is 6.09. The first-order chi connectivity index (χ1) is 15.0. The van der Waals surface area contributed by atoms with Gasteiger partial charge in [0.2, 0.25) is 0 Å². The van der Waals surface area contributed by atoms with Crippen molar-refractivity contribution < 1.29 is 4.79 Å². The second kappa shape index (κ2) is 7.32. The molecule has 0 bridgehead atoms. The molecule has 2 aromatic heterocycles. The van der Waals surface area contributed by atoms with E-state index in [1.165, 1.54) is 0 Å². The first-order valence-corrected chi connectivity index (χ1v) is 10.1. The molecule has 2 heterocycles. The Morgan fingerprint density at radius 3 is 2.45 bits per heavy atom. The van der Waals surface area contributed by atoms with Gasteiger partial charge in [0.1, 0.15) is 0 Å². The van der Waals surface area contributed by atoms with Gasteiger partial charge in [-0.2, -0.15) is 5.10 Å². The van der Waals surface area contributed by atoms with E-state index in [9.17, 15) is 4.79 Å². The summed E-state index contributed by atoms with van der Waals surface area (Å²) < 4.78 is 1.71. The molecule has 0 spiro atoms. The van der Waals surface area contributed by atoms with Crippen molar-refractivity contribution >= 4 is 28.0 Å². The first-order valence-electron chi connectivity index (χ1n) is 10.1. The number of nitrogens with one attached hydrogen (secondary N) is 1. The van der Waals surface area contributed by atoms with Gasteiger partial charge in [0.05, 0.1) is 17.0 Å². The van der Waals surface area contributed by atoms with E-state index < -0.39 is 0 Å². The molecule has 0 unspecified atom stereocenters. The number of carbonyl (C=O) groups is 1. The molecule has 0 saturated carbocycles. The monoisotopic (exact) mass is 407 g/mol. The molecule has 0 aliphatic heterocycles. The van der Waals surface area contributed by atoms with E-state index in [2.05, 4.69) is 39.8 Å². The predicted octanol–water partition coefficient (Wildman–Crippen LogP) is 5.12. The minimum Gasteiger partial charge on any atom is -0.320 e. The highest BCUT2D eigenvalue weighted by molar-refractivity contribution is 6.04. The number of nitrogens with zero attached hydrogens (tertiary/aromatic N) is 4. The van der Waals surface area contributed by atoms with E-state index >= 15 is 0 Å². The fourth-order valence-corrected chi connectivity index (χ4v) is 3.97. The van der Waals surface area contributed by atoms with Gasteiger partial charge in [0.15, 0.2) is 11.3 Å². The smallest absolute Gasteiger partial charge is 0.278 e. The molecule has 6 heteroatoms. The Bertz CT molecular complexity index is 1460. The van der Waals surface area contributed by atoms with E-state index in [-0.39, 0.29) is 11.6 Å². The number of hydrogen-bond donors (Lipinski definition) is 1. The number of rotatable bonds is 3. The fraction of sp³-hybridized carbons (Fsp3) is 0.120. The van der Waals surface area contributed by atoms with Crippen molar-refractivity contribution in [2.75, 3.05) is 5.32 Å². The zero-order valence-corrected chi connectivity index (χ0v) is 17.5. The molecule has 5 rings (SSSR count). The van der Waals surface area contributed by atoms with Gasteiger partial charge in [0, 0.05) is 5.69 Å². The number of para-hydroxylation sites is 1. The van der Waals surface area contributed by atoms with E-state index in [1.807, 2.05) is 63.2 Å². The lowest BCUT2D eigenvalue weighted by Crippen LogP contribution is -2.19. The van der Waals surface area contributed by atoms with Crippen LogP contribution < -0.4 is 5.32 Å². The van der Waals surface area contributed by atoms with Gasteiger partial charge in [-0.05, 0) is 48.7 Å². The lowest BCUT2D eigenvalue weighted by Gasteiger charge is -2.10. The summed E-state index contributed by atoms with van der Waals surface area (Å²) in [6, 6.07) is 22.1. The number of fused-ring (bicyclic) bond motifs is 2. The zero-order chi connectivity index (χ0) is 21.5. The van der Waals surface area contributed by atoms with Crippen LogP contribution in [0.1, 0.15) is 27.4 Å². The van der Waals surface area contributed by atoms with Crippen molar-refractivity contribution in [3.63, 3.8) is 0 Å². The van der Waals surface area contributed by atoms with Crippen LogP contribution in [0.2, 0.25) is 0 Å². The third kappa shape index (κ3) is 3.13. The molecule has 0 radical (unpaired) electrons.